The van der Waals surface area contributed by atoms with Gasteiger partial charge in [-0.05, 0) is 54.6 Å². The number of carbonyl (C=O) groups is 1. The van der Waals surface area contributed by atoms with Crippen LogP contribution in [0.15, 0.2) is 72.0 Å². The van der Waals surface area contributed by atoms with Crippen LogP contribution in [-0.2, 0) is 4.79 Å². The lowest BCUT2D eigenvalue weighted by atomic mass is 10.1. The van der Waals surface area contributed by atoms with Gasteiger partial charge in [0.25, 0.3) is 0 Å². The Balaban J connectivity index is 1.61. The second kappa shape index (κ2) is 10.6. The zero-order valence-electron chi connectivity index (χ0n) is 18.7. The zero-order valence-corrected chi connectivity index (χ0v) is 19.5. The Kier molecular flexibility index (Phi) is 7.31. The number of carbonyl (C=O) groups excluding carboxylic acids is 1. The smallest absolute Gasteiger partial charge is 0.234 e. The first kappa shape index (κ1) is 24.2. The maximum Gasteiger partial charge on any atom is 0.234 e. The first-order chi connectivity index (χ1) is 16.9. The van der Waals surface area contributed by atoms with Gasteiger partial charge in [0.1, 0.15) is 17.5 Å². The molecule has 0 radical (unpaired) electrons. The first-order valence-electron chi connectivity index (χ1n) is 10.3. The van der Waals surface area contributed by atoms with Crippen LogP contribution in [-0.4, -0.2) is 35.4 Å². The summed E-state index contributed by atoms with van der Waals surface area (Å²) in [7, 11) is 3.07. The number of rotatable bonds is 8. The van der Waals surface area contributed by atoms with Gasteiger partial charge in [-0.1, -0.05) is 11.8 Å². The van der Waals surface area contributed by atoms with E-state index in [0.29, 0.717) is 34.1 Å². The minimum absolute atomic E-state index is 0.0968. The topological polar surface area (TPSA) is 65.4 Å². The largest absolute Gasteiger partial charge is 0.493 e. The summed E-state index contributed by atoms with van der Waals surface area (Å²) in [5.74, 6) is -1.50. The number of amides is 1. The molecule has 4 rings (SSSR count). The molecule has 1 N–H and O–H groups in total. The third-order valence-electron chi connectivity index (χ3n) is 5.00. The van der Waals surface area contributed by atoms with Gasteiger partial charge in [0.05, 0.1) is 31.4 Å². The number of benzene rings is 3. The number of hydrogen-bond donors (Lipinski definition) is 1. The molecule has 0 fully saturated rings. The number of methoxy groups -OCH3 is 2. The van der Waals surface area contributed by atoms with Crippen LogP contribution in [0.1, 0.15) is 0 Å². The van der Waals surface area contributed by atoms with Gasteiger partial charge in [-0.2, -0.15) is 0 Å². The van der Waals surface area contributed by atoms with E-state index in [-0.39, 0.29) is 17.3 Å². The van der Waals surface area contributed by atoms with Gasteiger partial charge in [-0.3, -0.25) is 9.36 Å². The predicted octanol–water partition coefficient (Wildman–Crippen LogP) is 5.70. The van der Waals surface area contributed by atoms with Gasteiger partial charge < -0.3 is 14.8 Å². The van der Waals surface area contributed by atoms with Gasteiger partial charge in [-0.15, -0.1) is 0 Å². The highest BCUT2D eigenvalue weighted by Gasteiger charge is 2.16. The molecule has 0 bridgehead atoms. The average molecular weight is 500 g/mol. The second-order valence-electron chi connectivity index (χ2n) is 7.29. The summed E-state index contributed by atoms with van der Waals surface area (Å²) in [5.41, 5.74) is 1.84. The molecule has 0 saturated heterocycles. The summed E-state index contributed by atoms with van der Waals surface area (Å²) in [6.45, 7) is 0. The van der Waals surface area contributed by atoms with Crippen molar-refractivity contribution >= 4 is 23.4 Å². The standard InChI is InChI=1S/C25H20F3N3O3S/c1-33-22-10-3-15(11-23(22)34-2)21-13-31(18-7-4-16(26)5-8-18)25(30-21)35-14-24(32)29-20-9-6-17(27)12-19(20)28/h3-13H,14H2,1-2H3,(H,29,32). The van der Waals surface area contributed by atoms with Gasteiger partial charge in [0.15, 0.2) is 16.7 Å². The Bertz CT molecular complexity index is 1360. The van der Waals surface area contributed by atoms with Crippen LogP contribution in [0.5, 0.6) is 11.5 Å². The molecular weight excluding hydrogens is 479 g/mol. The highest BCUT2D eigenvalue weighted by Crippen LogP contribution is 2.34. The minimum Gasteiger partial charge on any atom is -0.493 e. The zero-order chi connectivity index (χ0) is 24.9. The van der Waals surface area contributed by atoms with Crippen molar-refractivity contribution in [3.05, 3.63) is 84.3 Å². The van der Waals surface area contributed by atoms with E-state index in [1.54, 1.807) is 42.1 Å². The molecule has 1 heterocycles. The normalized spacial score (nSPS) is 10.8. The Labute approximate surface area is 203 Å². The third kappa shape index (κ3) is 5.60. The Morgan fingerprint density at radius 1 is 0.943 bits per heavy atom. The first-order valence-corrected chi connectivity index (χ1v) is 11.3. The SMILES string of the molecule is COc1ccc(-c2cn(-c3ccc(F)cc3)c(SCC(=O)Nc3ccc(F)cc3F)n2)cc1OC. The fraction of sp³-hybridized carbons (Fsp3) is 0.120. The van der Waals surface area contributed by atoms with Crippen molar-refractivity contribution < 1.29 is 27.4 Å². The van der Waals surface area contributed by atoms with Crippen LogP contribution >= 0.6 is 11.8 Å². The van der Waals surface area contributed by atoms with E-state index in [4.69, 9.17) is 9.47 Å². The molecule has 1 aromatic heterocycles. The number of nitrogens with zero attached hydrogens (tertiary/aromatic N) is 2. The number of hydrogen-bond acceptors (Lipinski definition) is 5. The van der Waals surface area contributed by atoms with Crippen molar-refractivity contribution in [2.45, 2.75) is 5.16 Å². The van der Waals surface area contributed by atoms with Crippen molar-refractivity contribution in [1.82, 2.24) is 9.55 Å². The molecular formula is C25H20F3N3O3S. The average Bonchev–Trinajstić information content (AvgIpc) is 3.28. The van der Waals surface area contributed by atoms with Crippen LogP contribution in [0.3, 0.4) is 0 Å². The molecule has 1 amide bonds. The number of ether oxygens (including phenoxy) is 2. The lowest BCUT2D eigenvalue weighted by Crippen LogP contribution is -2.15. The quantitative estimate of drug-likeness (QED) is 0.315. The molecule has 0 saturated carbocycles. The molecule has 35 heavy (non-hydrogen) atoms. The van der Waals surface area contributed by atoms with Crippen LogP contribution in [0.25, 0.3) is 16.9 Å². The molecule has 0 spiro atoms. The van der Waals surface area contributed by atoms with Gasteiger partial charge >= 0.3 is 0 Å². The van der Waals surface area contributed by atoms with Crippen molar-refractivity contribution in [2.75, 3.05) is 25.3 Å². The monoisotopic (exact) mass is 499 g/mol. The van der Waals surface area contributed by atoms with Crippen LogP contribution in [0, 0.1) is 17.5 Å². The summed E-state index contributed by atoms with van der Waals surface area (Å²) in [6, 6.07) is 14.1. The van der Waals surface area contributed by atoms with Gasteiger partial charge in [0, 0.05) is 23.5 Å². The molecule has 180 valence electrons. The van der Waals surface area contributed by atoms with Crippen molar-refractivity contribution in [1.29, 1.82) is 0 Å². The molecule has 4 aromatic rings. The predicted molar refractivity (Wildman–Crippen MR) is 128 cm³/mol. The minimum atomic E-state index is -0.869. The summed E-state index contributed by atoms with van der Waals surface area (Å²) in [5, 5.41) is 2.88. The van der Waals surface area contributed by atoms with E-state index in [0.717, 1.165) is 29.5 Å². The molecule has 0 unspecified atom stereocenters. The lowest BCUT2D eigenvalue weighted by molar-refractivity contribution is -0.113. The fourth-order valence-electron chi connectivity index (χ4n) is 3.29. The van der Waals surface area contributed by atoms with Crippen molar-refractivity contribution in [3.8, 4) is 28.4 Å². The number of aromatic nitrogens is 2. The molecule has 10 heteroatoms. The van der Waals surface area contributed by atoms with Gasteiger partial charge in [0.2, 0.25) is 5.91 Å². The van der Waals surface area contributed by atoms with E-state index in [1.807, 2.05) is 6.07 Å². The Hall–Kier alpha value is -3.92. The Morgan fingerprint density at radius 2 is 1.66 bits per heavy atom. The lowest BCUT2D eigenvalue weighted by Gasteiger charge is -2.08. The van der Waals surface area contributed by atoms with Crippen LogP contribution < -0.4 is 14.8 Å². The summed E-state index contributed by atoms with van der Waals surface area (Å²) in [4.78, 5) is 17.1. The van der Waals surface area contributed by atoms with E-state index >= 15 is 0 Å². The van der Waals surface area contributed by atoms with Gasteiger partial charge in [-0.25, -0.2) is 18.2 Å². The molecule has 0 aliphatic carbocycles. The van der Waals surface area contributed by atoms with E-state index in [2.05, 4.69) is 10.3 Å². The summed E-state index contributed by atoms with van der Waals surface area (Å²) in [6.07, 6.45) is 1.76. The maximum atomic E-state index is 13.9. The number of anilines is 1. The van der Waals surface area contributed by atoms with E-state index in [9.17, 15) is 18.0 Å². The maximum absolute atomic E-state index is 13.9. The van der Waals surface area contributed by atoms with E-state index < -0.39 is 17.5 Å². The molecule has 0 aliphatic rings. The molecule has 3 aromatic carbocycles. The highest BCUT2D eigenvalue weighted by atomic mass is 32.2. The number of imidazole rings is 1. The van der Waals surface area contributed by atoms with Crippen LogP contribution in [0.2, 0.25) is 0 Å². The fourth-order valence-corrected chi connectivity index (χ4v) is 4.09. The molecule has 0 atom stereocenters. The molecule has 6 nitrogen and oxygen atoms in total. The van der Waals surface area contributed by atoms with Crippen LogP contribution in [0.4, 0.5) is 18.9 Å². The highest BCUT2D eigenvalue weighted by molar-refractivity contribution is 7.99. The number of thioether (sulfide) groups is 1. The Morgan fingerprint density at radius 3 is 2.34 bits per heavy atom. The van der Waals surface area contributed by atoms with Crippen molar-refractivity contribution in [3.63, 3.8) is 0 Å². The third-order valence-corrected chi connectivity index (χ3v) is 5.95. The number of nitrogens with one attached hydrogen (secondary N) is 1. The van der Waals surface area contributed by atoms with E-state index in [1.165, 1.54) is 19.2 Å². The molecule has 0 aliphatic heterocycles. The summed E-state index contributed by atoms with van der Waals surface area (Å²) < 4.78 is 52.8. The number of halogens is 3. The van der Waals surface area contributed by atoms with Crippen molar-refractivity contribution in [2.24, 2.45) is 0 Å². The summed E-state index contributed by atoms with van der Waals surface area (Å²) >= 11 is 1.11. The second-order valence-corrected chi connectivity index (χ2v) is 8.23.